The molecule has 0 spiro atoms. The van der Waals surface area contributed by atoms with E-state index in [4.69, 9.17) is 8.83 Å². The standard InChI is InChI=1S/C66H42N2O2/c1-5-21-51-41(13-1)17-9-25-58(51)67(59-26-10-18-42-14-2-6-22-52(42)59)49-31-29-45-37-56-55-33-34-62-65(66(55)70-63(56)39-47(45)35-49)57-38-46-30-32-50(36-48(46)40-64(57)69-62)68(60-27-11-19-43-15-3-7-23-53(43)60)61-28-12-20-44-16-4-8-24-54(44)61/h1-40,51,58H. The Morgan fingerprint density at radius 1 is 0.357 bits per heavy atom. The summed E-state index contributed by atoms with van der Waals surface area (Å²) in [4.78, 5) is 4.94. The molecule has 70 heavy (non-hydrogen) atoms. The van der Waals surface area contributed by atoms with Gasteiger partial charge in [-0.2, -0.15) is 0 Å². The second-order valence-corrected chi connectivity index (χ2v) is 18.8. The summed E-state index contributed by atoms with van der Waals surface area (Å²) in [6, 6.07) is 72.8. The first-order valence-corrected chi connectivity index (χ1v) is 24.1. The van der Waals surface area contributed by atoms with E-state index in [1.54, 1.807) is 0 Å². The zero-order chi connectivity index (χ0) is 45.9. The molecule has 4 heteroatoms. The maximum Gasteiger partial charge on any atom is 0.147 e. The Morgan fingerprint density at radius 3 is 1.64 bits per heavy atom. The van der Waals surface area contributed by atoms with Gasteiger partial charge in [0.1, 0.15) is 22.3 Å². The largest absolute Gasteiger partial charge is 0.456 e. The topological polar surface area (TPSA) is 32.8 Å². The van der Waals surface area contributed by atoms with Crippen LogP contribution in [0.25, 0.3) is 97.7 Å². The molecule has 2 heterocycles. The van der Waals surface area contributed by atoms with E-state index in [9.17, 15) is 0 Å². The van der Waals surface area contributed by atoms with Crippen molar-refractivity contribution in [3.8, 4) is 0 Å². The van der Waals surface area contributed by atoms with Crippen LogP contribution in [0.5, 0.6) is 0 Å². The highest BCUT2D eigenvalue weighted by Gasteiger charge is 2.31. The molecule has 2 aliphatic carbocycles. The normalized spacial score (nSPS) is 15.6. The van der Waals surface area contributed by atoms with E-state index in [0.717, 1.165) is 88.2 Å². The molecule has 15 rings (SSSR count). The van der Waals surface area contributed by atoms with Crippen LogP contribution in [0.2, 0.25) is 0 Å². The van der Waals surface area contributed by atoms with Crippen molar-refractivity contribution in [2.45, 2.75) is 6.04 Å². The minimum atomic E-state index is 0.0806. The minimum Gasteiger partial charge on any atom is -0.456 e. The quantitative estimate of drug-likeness (QED) is 0.166. The number of fused-ring (bicyclic) bond motifs is 13. The molecule has 2 unspecified atom stereocenters. The molecule has 328 valence electrons. The Balaban J connectivity index is 0.868. The maximum absolute atomic E-state index is 6.99. The van der Waals surface area contributed by atoms with Crippen molar-refractivity contribution in [3.05, 3.63) is 248 Å². The highest BCUT2D eigenvalue weighted by molar-refractivity contribution is 6.24. The van der Waals surface area contributed by atoms with Crippen LogP contribution in [0.15, 0.2) is 257 Å². The second kappa shape index (κ2) is 15.2. The van der Waals surface area contributed by atoms with Crippen LogP contribution in [-0.4, -0.2) is 6.04 Å². The average Bonchev–Trinajstić information content (AvgIpc) is 3.97. The highest BCUT2D eigenvalue weighted by Crippen LogP contribution is 2.47. The summed E-state index contributed by atoms with van der Waals surface area (Å²) in [5, 5.41) is 16.0. The monoisotopic (exact) mass is 894 g/mol. The van der Waals surface area contributed by atoms with Gasteiger partial charge in [-0.25, -0.2) is 0 Å². The van der Waals surface area contributed by atoms with Crippen LogP contribution in [0, 0.1) is 5.92 Å². The van der Waals surface area contributed by atoms with Crippen LogP contribution in [-0.2, 0) is 0 Å². The predicted molar refractivity (Wildman–Crippen MR) is 295 cm³/mol. The van der Waals surface area contributed by atoms with Gasteiger partial charge in [0.15, 0.2) is 0 Å². The summed E-state index contributed by atoms with van der Waals surface area (Å²) in [7, 11) is 0. The third-order valence-corrected chi connectivity index (χ3v) is 14.9. The van der Waals surface area contributed by atoms with Gasteiger partial charge in [0.05, 0.1) is 22.8 Å². The summed E-state index contributed by atoms with van der Waals surface area (Å²) in [6.45, 7) is 0. The maximum atomic E-state index is 6.99. The van der Waals surface area contributed by atoms with Gasteiger partial charge in [0.25, 0.3) is 0 Å². The number of rotatable bonds is 6. The van der Waals surface area contributed by atoms with Crippen molar-refractivity contribution in [2.24, 2.45) is 5.92 Å². The Hall–Kier alpha value is -9.12. The first-order chi connectivity index (χ1) is 34.7. The number of benzene rings is 11. The van der Waals surface area contributed by atoms with E-state index in [1.807, 2.05) is 0 Å². The summed E-state index contributed by atoms with van der Waals surface area (Å²) in [5.41, 5.74) is 10.3. The molecule has 11 aromatic carbocycles. The Labute approximate surface area is 403 Å². The highest BCUT2D eigenvalue weighted by atomic mass is 16.3. The van der Waals surface area contributed by atoms with Crippen LogP contribution in [0.1, 0.15) is 0 Å². The SMILES string of the molecule is C1=CC2=CC=CC(N(c3ccc4cc5c(cc4c3)oc3c5ccc4oc5cc6cc(N(c7cccc8ccccc78)c7cccc8ccccc78)ccc6cc5c43)c3cccc4ccccc34)C2C=C1. The second-order valence-electron chi connectivity index (χ2n) is 18.8. The first kappa shape index (κ1) is 38.9. The predicted octanol–water partition coefficient (Wildman–Crippen LogP) is 18.5. The molecular formula is C66H42N2O2. The van der Waals surface area contributed by atoms with E-state index in [-0.39, 0.29) is 12.0 Å². The van der Waals surface area contributed by atoms with Gasteiger partial charge in [-0.05, 0) is 122 Å². The van der Waals surface area contributed by atoms with E-state index >= 15 is 0 Å². The van der Waals surface area contributed by atoms with Crippen LogP contribution < -0.4 is 9.80 Å². The van der Waals surface area contributed by atoms with Crippen molar-refractivity contribution in [2.75, 3.05) is 9.80 Å². The number of hydrogen-bond acceptors (Lipinski definition) is 4. The van der Waals surface area contributed by atoms with Gasteiger partial charge in [-0.3, -0.25) is 0 Å². The molecule has 0 bridgehead atoms. The molecule has 0 fully saturated rings. The number of anilines is 5. The van der Waals surface area contributed by atoms with Gasteiger partial charge in [-0.1, -0.05) is 164 Å². The minimum absolute atomic E-state index is 0.0806. The van der Waals surface area contributed by atoms with Gasteiger partial charge < -0.3 is 18.6 Å². The lowest BCUT2D eigenvalue weighted by Crippen LogP contribution is -2.37. The van der Waals surface area contributed by atoms with E-state index in [0.29, 0.717) is 0 Å². The lowest BCUT2D eigenvalue weighted by atomic mass is 9.83. The van der Waals surface area contributed by atoms with E-state index in [2.05, 4.69) is 253 Å². The number of allylic oxidation sites excluding steroid dienone is 5. The first-order valence-electron chi connectivity index (χ1n) is 24.1. The average molecular weight is 895 g/mol. The molecule has 2 aromatic heterocycles. The molecule has 0 saturated carbocycles. The molecule has 0 aliphatic heterocycles. The summed E-state index contributed by atoms with van der Waals surface area (Å²) in [6.07, 6.45) is 15.7. The molecule has 0 amide bonds. The van der Waals surface area contributed by atoms with Gasteiger partial charge >= 0.3 is 0 Å². The Kier molecular flexibility index (Phi) is 8.45. The molecule has 2 atom stereocenters. The molecule has 0 radical (unpaired) electrons. The Morgan fingerprint density at radius 2 is 0.943 bits per heavy atom. The summed E-state index contributed by atoms with van der Waals surface area (Å²) in [5.74, 6) is 0.216. The van der Waals surface area contributed by atoms with Crippen molar-refractivity contribution in [1.29, 1.82) is 0 Å². The fourth-order valence-corrected chi connectivity index (χ4v) is 11.6. The van der Waals surface area contributed by atoms with Gasteiger partial charge in [0, 0.05) is 55.3 Å². The Bertz CT molecular complexity index is 4370. The van der Waals surface area contributed by atoms with Crippen LogP contribution in [0.4, 0.5) is 28.4 Å². The fraction of sp³-hybridized carbons (Fsp3) is 0.0303. The lowest BCUT2D eigenvalue weighted by Gasteiger charge is -2.39. The molecule has 0 N–H and O–H groups in total. The smallest absolute Gasteiger partial charge is 0.147 e. The number of hydrogen-bond donors (Lipinski definition) is 0. The molecule has 2 aliphatic rings. The van der Waals surface area contributed by atoms with Gasteiger partial charge in [0.2, 0.25) is 0 Å². The van der Waals surface area contributed by atoms with E-state index < -0.39 is 0 Å². The third kappa shape index (κ3) is 5.96. The molecule has 4 nitrogen and oxygen atoms in total. The zero-order valence-electron chi connectivity index (χ0n) is 38.0. The van der Waals surface area contributed by atoms with Crippen molar-refractivity contribution in [1.82, 2.24) is 0 Å². The third-order valence-electron chi connectivity index (χ3n) is 14.9. The molecule has 0 saturated heterocycles. The molecule has 13 aromatic rings. The summed E-state index contributed by atoms with van der Waals surface area (Å²) >= 11 is 0. The fourth-order valence-electron chi connectivity index (χ4n) is 11.6. The van der Waals surface area contributed by atoms with Crippen LogP contribution >= 0.6 is 0 Å². The lowest BCUT2D eigenvalue weighted by molar-refractivity contribution is 0.641. The van der Waals surface area contributed by atoms with Gasteiger partial charge in [-0.15, -0.1) is 0 Å². The van der Waals surface area contributed by atoms with E-state index in [1.165, 1.54) is 43.6 Å². The zero-order valence-corrected chi connectivity index (χ0v) is 38.0. The van der Waals surface area contributed by atoms with Crippen molar-refractivity contribution >= 4 is 126 Å². The van der Waals surface area contributed by atoms with Crippen molar-refractivity contribution in [3.63, 3.8) is 0 Å². The number of nitrogens with zero attached hydrogens (tertiary/aromatic N) is 2. The molecular weight excluding hydrogens is 853 g/mol. The number of furan rings is 2. The van der Waals surface area contributed by atoms with Crippen molar-refractivity contribution < 1.29 is 8.83 Å². The summed E-state index contributed by atoms with van der Waals surface area (Å²) < 4.78 is 13.7. The van der Waals surface area contributed by atoms with Crippen LogP contribution in [0.3, 0.4) is 0 Å².